The molecule has 1 rings (SSSR count). The van der Waals surface area contributed by atoms with Gasteiger partial charge in [0, 0.05) is 60.7 Å². The molecule has 0 saturated carbocycles. The molecule has 0 aliphatic carbocycles. The molecule has 21 nitrogen and oxygen atoms in total. The van der Waals surface area contributed by atoms with Crippen molar-refractivity contribution in [2.24, 2.45) is 37.9 Å². The summed E-state index contributed by atoms with van der Waals surface area (Å²) >= 11 is 0. The van der Waals surface area contributed by atoms with Gasteiger partial charge in [-0.05, 0) is 133 Å². The molecule has 0 fully saturated rings. The smallest absolute Gasteiger partial charge is 0.336 e. The Balaban J connectivity index is -0.000000154. The van der Waals surface area contributed by atoms with E-state index in [2.05, 4.69) is 102 Å². The lowest BCUT2D eigenvalue weighted by molar-refractivity contribution is -0.146. The minimum Gasteiger partial charge on any atom is -0.463 e. The number of nitrogens with zero attached hydrogens (tertiary/aromatic N) is 3. The molecule has 1 aromatic rings. The average molecular weight is 1610 g/mol. The fourth-order valence-electron chi connectivity index (χ4n) is 7.01. The summed E-state index contributed by atoms with van der Waals surface area (Å²) in [6, 6.07) is 1.83. The van der Waals surface area contributed by atoms with E-state index in [0.29, 0.717) is 56.8 Å². The average Bonchev–Trinajstić information content (AvgIpc) is 0.869. The highest BCUT2D eigenvalue weighted by Gasteiger charge is 2.30. The molecule has 114 heavy (non-hydrogen) atoms. The van der Waals surface area contributed by atoms with Crippen molar-refractivity contribution < 1.29 is 91.2 Å². The van der Waals surface area contributed by atoms with E-state index in [9.17, 15) is 58.1 Å². The van der Waals surface area contributed by atoms with Gasteiger partial charge in [0.2, 0.25) is 0 Å². The number of nitriles is 1. The van der Waals surface area contributed by atoms with Crippen molar-refractivity contribution in [3.8, 4) is 18.4 Å². The molecule has 654 valence electrons. The molecule has 1 aromatic heterocycles. The van der Waals surface area contributed by atoms with Crippen LogP contribution in [0.4, 0.5) is 4.39 Å². The Labute approximate surface area is 690 Å². The van der Waals surface area contributed by atoms with Gasteiger partial charge in [0.15, 0.2) is 17.3 Å². The van der Waals surface area contributed by atoms with Crippen LogP contribution in [0, 0.1) is 67.7 Å². The molecule has 4 unspecified atom stereocenters. The Kier molecular flexibility index (Phi) is 67.7. The summed E-state index contributed by atoms with van der Waals surface area (Å²) in [5.74, 6) is 0.700. The first-order valence-electron chi connectivity index (χ1n) is 38.1. The number of carbonyl (C=O) groups is 8. The largest absolute Gasteiger partial charge is 0.463 e. The van der Waals surface area contributed by atoms with Crippen molar-refractivity contribution in [1.82, 2.24) is 9.97 Å². The van der Waals surface area contributed by atoms with E-state index >= 15 is 0 Å². The molecular weight excluding hydrogens is 1450 g/mol. The first kappa shape index (κ1) is 124. The van der Waals surface area contributed by atoms with Crippen molar-refractivity contribution >= 4 is 47.2 Å². The molecule has 22 heteroatoms. The minimum absolute atomic E-state index is 0.00625. The highest BCUT2D eigenvalue weighted by Crippen LogP contribution is 2.27. The maximum Gasteiger partial charge on any atom is 0.336 e. The van der Waals surface area contributed by atoms with Gasteiger partial charge in [0.05, 0.1) is 85.8 Å². The maximum atomic E-state index is 12.3. The van der Waals surface area contributed by atoms with Gasteiger partial charge in [-0.15, -0.1) is 6.42 Å². The SMILES string of the molecule is C#CC(=C)C(O)CC(C)(C)C.C/C=C/C(=O)C(C)(C)C.C=C(C#N)C(O)C(C)(C)C.C=C(C(=O)OCC)C(O)C(C)(C)C.C=C(COC(C)C)C(=O)OCC.C=CC(=O)OC(C=C)C(C)(C)C.CC(=O)OCC(=O)CC(C)(C)C.CC(C)(C)c1cnc(F)nc1.CC(C)=CC(=O)CC(C)(C)C.CCOC(=O)/C=C/COC(C)(C)C. The lowest BCUT2D eigenvalue weighted by Gasteiger charge is -2.26. The first-order valence-corrected chi connectivity index (χ1v) is 38.1. The van der Waals surface area contributed by atoms with E-state index in [1.807, 2.05) is 186 Å². The Morgan fingerprint density at radius 1 is 0.605 bits per heavy atom. The van der Waals surface area contributed by atoms with Crippen LogP contribution in [0.15, 0.2) is 122 Å². The Hall–Kier alpha value is -8.12. The van der Waals surface area contributed by atoms with Gasteiger partial charge in [-0.3, -0.25) is 19.2 Å². The van der Waals surface area contributed by atoms with Crippen LogP contribution in [-0.2, 0) is 76.9 Å². The monoisotopic (exact) mass is 1610 g/mol. The Bertz CT molecular complexity index is 3220. The van der Waals surface area contributed by atoms with E-state index in [-0.39, 0.29) is 115 Å². The van der Waals surface area contributed by atoms with E-state index in [4.69, 9.17) is 40.1 Å². The fourth-order valence-corrected chi connectivity index (χ4v) is 7.01. The molecular formula is C92H156FN3O18. The number of esters is 5. The molecule has 3 N–H and O–H groups in total. The molecule has 0 saturated heterocycles. The maximum absolute atomic E-state index is 12.3. The minimum atomic E-state index is -0.855. The molecule has 0 amide bonds. The number of aliphatic hydroxyl groups excluding tert-OH is 3. The number of terminal acetylenes is 1. The second-order valence-electron chi connectivity index (χ2n) is 36.4. The third-order valence-electron chi connectivity index (χ3n) is 13.0. The quantitative estimate of drug-likeness (QED) is 0.0165. The number of Topliss-reactive ketones (excluding diaryl/α,β-unsaturated/α-hetero) is 1. The third-order valence-corrected chi connectivity index (χ3v) is 13.0. The predicted octanol–water partition coefficient (Wildman–Crippen LogP) is 19.3. The lowest BCUT2D eigenvalue weighted by atomic mass is 9.85. The van der Waals surface area contributed by atoms with Gasteiger partial charge < -0.3 is 48.5 Å². The highest BCUT2D eigenvalue weighted by atomic mass is 19.1. The van der Waals surface area contributed by atoms with Crippen LogP contribution < -0.4 is 0 Å². The number of aromatic nitrogens is 2. The van der Waals surface area contributed by atoms with E-state index < -0.39 is 42.3 Å². The Morgan fingerprint density at radius 3 is 1.35 bits per heavy atom. The normalized spacial score (nSPS) is 12.2. The van der Waals surface area contributed by atoms with Crippen LogP contribution in [0.25, 0.3) is 0 Å². The second kappa shape index (κ2) is 62.2. The van der Waals surface area contributed by atoms with Crippen molar-refractivity contribution in [3.05, 3.63) is 134 Å². The molecule has 0 radical (unpaired) electrons. The van der Waals surface area contributed by atoms with Gasteiger partial charge in [-0.1, -0.05) is 235 Å². The molecule has 0 aromatic carbocycles. The molecule has 0 spiro atoms. The molecule has 0 aliphatic rings. The van der Waals surface area contributed by atoms with Crippen LogP contribution in [0.2, 0.25) is 0 Å². The van der Waals surface area contributed by atoms with E-state index in [1.54, 1.807) is 51.2 Å². The summed E-state index contributed by atoms with van der Waals surface area (Å²) in [5.41, 5.74) is 2.22. The summed E-state index contributed by atoms with van der Waals surface area (Å²) in [6.45, 7) is 91.8. The zero-order valence-electron chi connectivity index (χ0n) is 77.5. The summed E-state index contributed by atoms with van der Waals surface area (Å²) < 4.78 is 46.5. The fraction of sp³-hybridized carbons (Fsp3) is 0.641. The standard InChI is InChI=1S/2C10H18O3.C10H16O2.C10H18O.C10H16O.2C9H16O3.C8H11FN2.C8H13NO.C8H14O/c1-6-13-9(12)7(2)8(11)10(3,4)5;1-5-12-9(11)7-6-8-13-10(2,3)4;1-6-8(10(3,4)5)12-9(11)7-2;1-8(2)6-9(11)7-10(3,4)5;1-6-8(2)9(11)7-10(3,4)5;1-7(10)12-6-8(11)5-9(2,3)4;1-5-11-9(10)8(4)6-12-7(2)3;1-8(2,3)6-4-10-7(9)11-5-6;1-6(5-9)7(10)8(2,3)4;1-5-6-7(9)8(2,3)4/h8,11H,2,6H2,1,3-5H3;6-7H,5,8H2,1-4H3;6-8H,1-2H2,3-5H3;6H,7H2,1-5H3;1,9,11H,2,7H2,3-5H3;5-6H2,1-4H3;7H,4-6H2,1-3H3;4-5H,1-3H3;7,10H,1H2,2-4H3;5-6H,1-4H3/b;7-6+;;;;;;;;6-5+. The number of rotatable bonds is 24. The summed E-state index contributed by atoms with van der Waals surface area (Å²) in [4.78, 5) is 94.3. The Morgan fingerprint density at radius 2 is 1.05 bits per heavy atom. The topological polar surface area (TPSA) is 311 Å². The molecule has 0 bridgehead atoms. The number of carbonyl (C=O) groups excluding carboxylic acids is 8. The van der Waals surface area contributed by atoms with Crippen molar-refractivity contribution in [2.45, 2.75) is 310 Å². The van der Waals surface area contributed by atoms with Gasteiger partial charge in [0.1, 0.15) is 12.7 Å². The third kappa shape index (κ3) is 86.3. The molecule has 1 heterocycles. The van der Waals surface area contributed by atoms with Gasteiger partial charge >= 0.3 is 35.9 Å². The van der Waals surface area contributed by atoms with E-state index in [0.717, 1.165) is 17.2 Å². The van der Waals surface area contributed by atoms with Crippen LogP contribution in [-0.4, -0.2) is 148 Å². The first-order chi connectivity index (χ1) is 51.1. The number of ether oxygens (including phenoxy) is 7. The van der Waals surface area contributed by atoms with Crippen molar-refractivity contribution in [2.75, 3.05) is 39.6 Å². The lowest BCUT2D eigenvalue weighted by Crippen LogP contribution is -2.31. The zero-order valence-corrected chi connectivity index (χ0v) is 77.5. The van der Waals surface area contributed by atoms with Crippen LogP contribution in [0.5, 0.6) is 0 Å². The molecule has 4 atom stereocenters. The predicted molar refractivity (Wildman–Crippen MR) is 462 cm³/mol. The van der Waals surface area contributed by atoms with Gasteiger partial charge in [-0.2, -0.15) is 9.65 Å². The van der Waals surface area contributed by atoms with Crippen LogP contribution in [0.1, 0.15) is 274 Å². The van der Waals surface area contributed by atoms with Crippen molar-refractivity contribution in [1.29, 1.82) is 5.26 Å². The van der Waals surface area contributed by atoms with Crippen molar-refractivity contribution in [3.63, 3.8) is 0 Å². The van der Waals surface area contributed by atoms with Gasteiger partial charge in [-0.25, -0.2) is 29.1 Å². The number of hydrogen-bond donors (Lipinski definition) is 3. The number of hydrogen-bond acceptors (Lipinski definition) is 21. The van der Waals surface area contributed by atoms with Crippen LogP contribution >= 0.6 is 0 Å². The zero-order chi connectivity index (χ0) is 92.6. The summed E-state index contributed by atoms with van der Waals surface area (Å²) in [6.07, 6.45) is 17.8. The second-order valence-corrected chi connectivity index (χ2v) is 36.4. The summed E-state index contributed by atoms with van der Waals surface area (Å²) in [5, 5.41) is 36.8. The number of halogens is 1. The number of allylic oxidation sites excluding steroid dienone is 4. The van der Waals surface area contributed by atoms with Crippen LogP contribution in [0.3, 0.4) is 0 Å². The highest BCUT2D eigenvalue weighted by molar-refractivity contribution is 5.94. The van der Waals surface area contributed by atoms with E-state index in [1.165, 1.54) is 25.4 Å². The van der Waals surface area contributed by atoms with Gasteiger partial charge in [0.25, 0.3) is 0 Å². The summed E-state index contributed by atoms with van der Waals surface area (Å²) in [7, 11) is 0. The molecule has 0 aliphatic heterocycles. The number of aliphatic hydroxyl groups is 3. The number of ketones is 3.